The van der Waals surface area contributed by atoms with Crippen LogP contribution in [0.2, 0.25) is 0 Å². The molecule has 2 heterocycles. The van der Waals surface area contributed by atoms with Crippen LogP contribution in [0.15, 0.2) is 17.1 Å². The Bertz CT molecular complexity index is 587. The van der Waals surface area contributed by atoms with Crippen LogP contribution in [0.5, 0.6) is 6.01 Å². The van der Waals surface area contributed by atoms with Gasteiger partial charge in [0.15, 0.2) is 0 Å². The van der Waals surface area contributed by atoms with Crippen molar-refractivity contribution >= 4 is 0 Å². The topological polar surface area (TPSA) is 74.8 Å². The molecule has 2 aromatic heterocycles. The van der Waals surface area contributed by atoms with Gasteiger partial charge in [0, 0.05) is 25.0 Å². The zero-order valence-corrected chi connectivity index (χ0v) is 9.91. The number of ether oxygens (including phenoxy) is 1. The summed E-state index contributed by atoms with van der Waals surface area (Å²) in [6.07, 6.45) is 1.74. The van der Waals surface area contributed by atoms with Gasteiger partial charge in [0.1, 0.15) is 5.69 Å². The summed E-state index contributed by atoms with van der Waals surface area (Å²) in [7, 11) is 3.25. The van der Waals surface area contributed by atoms with E-state index in [0.29, 0.717) is 17.9 Å². The zero-order valence-electron chi connectivity index (χ0n) is 9.91. The van der Waals surface area contributed by atoms with Gasteiger partial charge in [-0.05, 0) is 6.92 Å². The van der Waals surface area contributed by atoms with Crippen molar-refractivity contribution in [3.8, 4) is 6.01 Å². The summed E-state index contributed by atoms with van der Waals surface area (Å²) >= 11 is 0. The van der Waals surface area contributed by atoms with Gasteiger partial charge in [-0.3, -0.25) is 14.0 Å². The summed E-state index contributed by atoms with van der Waals surface area (Å²) in [4.78, 5) is 16.0. The Morgan fingerprint density at radius 2 is 2.24 bits per heavy atom. The molecular formula is C10H13N5O2. The van der Waals surface area contributed by atoms with Gasteiger partial charge in [-0.2, -0.15) is 0 Å². The van der Waals surface area contributed by atoms with Crippen LogP contribution in [0.1, 0.15) is 11.4 Å². The highest BCUT2D eigenvalue weighted by molar-refractivity contribution is 5.09. The second-order valence-corrected chi connectivity index (χ2v) is 3.69. The quantitative estimate of drug-likeness (QED) is 0.732. The monoisotopic (exact) mass is 235 g/mol. The second-order valence-electron chi connectivity index (χ2n) is 3.69. The Labute approximate surface area is 97.7 Å². The first kappa shape index (κ1) is 11.3. The molecule has 0 aliphatic heterocycles. The van der Waals surface area contributed by atoms with Gasteiger partial charge in [-0.1, -0.05) is 5.21 Å². The molecule has 0 aromatic carbocycles. The van der Waals surface area contributed by atoms with Crippen LogP contribution in [-0.2, 0) is 13.6 Å². The highest BCUT2D eigenvalue weighted by Crippen LogP contribution is 2.06. The Hall–Kier alpha value is -2.18. The number of methoxy groups -OCH3 is 1. The fraction of sp³-hybridized carbons (Fsp3) is 0.400. The predicted octanol–water partition coefficient (Wildman–Crippen LogP) is -0.263. The molecule has 0 saturated carbocycles. The van der Waals surface area contributed by atoms with Crippen molar-refractivity contribution in [2.75, 3.05) is 7.11 Å². The number of aromatic nitrogens is 5. The molecule has 0 aliphatic rings. The molecule has 0 unspecified atom stereocenters. The van der Waals surface area contributed by atoms with Crippen LogP contribution in [0.3, 0.4) is 0 Å². The normalized spacial score (nSPS) is 10.5. The Morgan fingerprint density at radius 1 is 1.47 bits per heavy atom. The Kier molecular flexibility index (Phi) is 2.90. The van der Waals surface area contributed by atoms with E-state index in [2.05, 4.69) is 15.3 Å². The maximum Gasteiger partial charge on any atom is 0.299 e. The van der Waals surface area contributed by atoms with Gasteiger partial charge in [0.2, 0.25) is 0 Å². The van der Waals surface area contributed by atoms with Crippen molar-refractivity contribution in [2.45, 2.75) is 13.5 Å². The minimum absolute atomic E-state index is 0.167. The average Bonchev–Trinajstić information content (AvgIpc) is 2.67. The first-order valence-electron chi connectivity index (χ1n) is 5.08. The summed E-state index contributed by atoms with van der Waals surface area (Å²) < 4.78 is 8.07. The smallest absolute Gasteiger partial charge is 0.299 e. The van der Waals surface area contributed by atoms with E-state index < -0.39 is 0 Å². The summed E-state index contributed by atoms with van der Waals surface area (Å²) in [5.74, 6) is 0. The van der Waals surface area contributed by atoms with Gasteiger partial charge < -0.3 is 4.74 Å². The standard InChI is InChI=1S/C10H13N5O2/c1-7-4-9(16)15(10(11-7)17-3)6-8-5-14(2)13-12-8/h4-5H,6H2,1-3H3. The third kappa shape index (κ3) is 2.32. The van der Waals surface area contributed by atoms with Crippen molar-refractivity contribution < 1.29 is 4.74 Å². The lowest BCUT2D eigenvalue weighted by molar-refractivity contribution is 0.349. The zero-order chi connectivity index (χ0) is 12.4. The summed E-state index contributed by atoms with van der Waals surface area (Å²) in [5.41, 5.74) is 1.14. The Morgan fingerprint density at radius 3 is 2.82 bits per heavy atom. The van der Waals surface area contributed by atoms with E-state index in [4.69, 9.17) is 4.74 Å². The lowest BCUT2D eigenvalue weighted by atomic mass is 10.4. The number of hydrogen-bond acceptors (Lipinski definition) is 5. The second kappa shape index (κ2) is 4.36. The number of rotatable bonds is 3. The summed E-state index contributed by atoms with van der Waals surface area (Å²) in [6, 6.07) is 1.74. The Balaban J connectivity index is 2.41. The number of nitrogens with zero attached hydrogens (tertiary/aromatic N) is 5. The molecule has 0 atom stereocenters. The molecule has 7 heteroatoms. The van der Waals surface area contributed by atoms with E-state index in [1.54, 1.807) is 24.9 Å². The van der Waals surface area contributed by atoms with Crippen LogP contribution in [0.4, 0.5) is 0 Å². The fourth-order valence-electron chi connectivity index (χ4n) is 1.53. The van der Waals surface area contributed by atoms with Gasteiger partial charge in [-0.25, -0.2) is 4.98 Å². The third-order valence-electron chi connectivity index (χ3n) is 2.25. The van der Waals surface area contributed by atoms with Crippen LogP contribution in [0, 0.1) is 6.92 Å². The first-order chi connectivity index (χ1) is 8.10. The van der Waals surface area contributed by atoms with E-state index in [9.17, 15) is 4.79 Å². The highest BCUT2D eigenvalue weighted by Gasteiger charge is 2.09. The van der Waals surface area contributed by atoms with E-state index >= 15 is 0 Å². The lowest BCUT2D eigenvalue weighted by Crippen LogP contribution is -2.23. The van der Waals surface area contributed by atoms with Crippen molar-refractivity contribution in [2.24, 2.45) is 7.05 Å². The van der Waals surface area contributed by atoms with Crippen LogP contribution < -0.4 is 10.3 Å². The molecule has 0 amide bonds. The maximum absolute atomic E-state index is 11.8. The van der Waals surface area contributed by atoms with Crippen LogP contribution >= 0.6 is 0 Å². The molecule has 90 valence electrons. The van der Waals surface area contributed by atoms with Gasteiger partial charge in [-0.15, -0.1) is 5.10 Å². The molecule has 0 fully saturated rings. The van der Waals surface area contributed by atoms with Gasteiger partial charge in [0.25, 0.3) is 11.6 Å². The summed E-state index contributed by atoms with van der Waals surface area (Å²) in [5, 5.41) is 7.73. The molecule has 0 N–H and O–H groups in total. The molecular weight excluding hydrogens is 222 g/mol. The van der Waals surface area contributed by atoms with E-state index in [0.717, 1.165) is 0 Å². The van der Waals surface area contributed by atoms with Gasteiger partial charge >= 0.3 is 0 Å². The molecule has 2 aromatic rings. The molecule has 2 rings (SSSR count). The van der Waals surface area contributed by atoms with Crippen molar-refractivity contribution in [3.63, 3.8) is 0 Å². The van der Waals surface area contributed by atoms with Crippen LogP contribution in [0.25, 0.3) is 0 Å². The molecule has 0 aliphatic carbocycles. The molecule has 17 heavy (non-hydrogen) atoms. The summed E-state index contributed by atoms with van der Waals surface area (Å²) in [6.45, 7) is 2.04. The third-order valence-corrected chi connectivity index (χ3v) is 2.25. The van der Waals surface area contributed by atoms with Gasteiger partial charge in [0.05, 0.1) is 13.7 Å². The number of hydrogen-bond donors (Lipinski definition) is 0. The van der Waals surface area contributed by atoms with Crippen molar-refractivity contribution in [1.29, 1.82) is 0 Å². The fourth-order valence-corrected chi connectivity index (χ4v) is 1.53. The minimum Gasteiger partial charge on any atom is -0.468 e. The van der Waals surface area contributed by atoms with E-state index in [1.165, 1.54) is 17.7 Å². The maximum atomic E-state index is 11.8. The van der Waals surface area contributed by atoms with E-state index in [1.807, 2.05) is 0 Å². The SMILES string of the molecule is COc1nc(C)cc(=O)n1Cc1cn(C)nn1. The largest absolute Gasteiger partial charge is 0.468 e. The lowest BCUT2D eigenvalue weighted by Gasteiger charge is -2.08. The molecule has 0 radical (unpaired) electrons. The average molecular weight is 235 g/mol. The minimum atomic E-state index is -0.167. The first-order valence-corrected chi connectivity index (χ1v) is 5.08. The highest BCUT2D eigenvalue weighted by atomic mass is 16.5. The van der Waals surface area contributed by atoms with Crippen molar-refractivity contribution in [3.05, 3.63) is 34.0 Å². The molecule has 0 bridgehead atoms. The molecule has 0 spiro atoms. The molecule has 0 saturated heterocycles. The van der Waals surface area contributed by atoms with Crippen LogP contribution in [-0.4, -0.2) is 31.7 Å². The number of aryl methyl sites for hydroxylation is 2. The van der Waals surface area contributed by atoms with E-state index in [-0.39, 0.29) is 11.6 Å². The van der Waals surface area contributed by atoms with Crippen molar-refractivity contribution in [1.82, 2.24) is 24.5 Å². The predicted molar refractivity (Wildman–Crippen MR) is 59.9 cm³/mol. The molecule has 7 nitrogen and oxygen atoms in total.